The van der Waals surface area contributed by atoms with Crippen LogP contribution in [0.3, 0.4) is 0 Å². The number of nitrogens with zero attached hydrogens (tertiary/aromatic N) is 3. The van der Waals surface area contributed by atoms with Crippen molar-refractivity contribution in [2.75, 3.05) is 26.2 Å². The van der Waals surface area contributed by atoms with E-state index in [1.807, 2.05) is 12.1 Å². The molecule has 0 aliphatic carbocycles. The molecule has 4 rings (SSSR count). The minimum absolute atomic E-state index is 0.00146. The highest BCUT2D eigenvalue weighted by molar-refractivity contribution is 5.94. The fourth-order valence-electron chi connectivity index (χ4n) is 3.68. The van der Waals surface area contributed by atoms with Gasteiger partial charge in [0.05, 0.1) is 12.0 Å². The van der Waals surface area contributed by atoms with Crippen molar-refractivity contribution in [1.29, 1.82) is 0 Å². The summed E-state index contributed by atoms with van der Waals surface area (Å²) in [6.07, 6.45) is 3.85. The van der Waals surface area contributed by atoms with Crippen molar-refractivity contribution in [3.05, 3.63) is 42.4 Å². The van der Waals surface area contributed by atoms with Crippen LogP contribution in [0.25, 0.3) is 0 Å². The molecule has 4 heterocycles. The molecule has 2 aromatic heterocycles. The van der Waals surface area contributed by atoms with E-state index in [-0.39, 0.29) is 17.7 Å². The number of rotatable bonds is 4. The maximum atomic E-state index is 12.5. The quantitative estimate of drug-likeness (QED) is 0.842. The molecule has 1 spiro atoms. The topological polar surface area (TPSA) is 100 Å². The number of carbonyl (C=O) groups is 2. The summed E-state index contributed by atoms with van der Waals surface area (Å²) < 4.78 is 5.77. The van der Waals surface area contributed by atoms with Gasteiger partial charge in [-0.15, -0.1) is 0 Å². The molecule has 2 aliphatic rings. The maximum absolute atomic E-state index is 12.5. The highest BCUT2D eigenvalue weighted by Gasteiger charge is 2.55. The first-order valence-electron chi connectivity index (χ1n) is 8.30. The van der Waals surface area contributed by atoms with E-state index in [1.165, 1.54) is 0 Å². The number of aromatic amines is 1. The summed E-state index contributed by atoms with van der Waals surface area (Å²) in [6, 6.07) is 7.12. The van der Waals surface area contributed by atoms with Crippen LogP contribution in [0.2, 0.25) is 0 Å². The van der Waals surface area contributed by atoms with Crippen LogP contribution in [0.1, 0.15) is 16.9 Å². The second-order valence-electron chi connectivity index (χ2n) is 6.49. The number of pyridine rings is 1. The minimum Gasteiger partial charge on any atom is -0.477 e. The minimum atomic E-state index is -0.593. The van der Waals surface area contributed by atoms with Crippen LogP contribution >= 0.6 is 0 Å². The van der Waals surface area contributed by atoms with Crippen molar-refractivity contribution in [2.24, 2.45) is 11.3 Å². The van der Waals surface area contributed by atoms with Gasteiger partial charge in [0.1, 0.15) is 5.69 Å². The van der Waals surface area contributed by atoms with Crippen LogP contribution < -0.4 is 10.1 Å². The van der Waals surface area contributed by atoms with Gasteiger partial charge >= 0.3 is 0 Å². The zero-order valence-corrected chi connectivity index (χ0v) is 13.6. The van der Waals surface area contributed by atoms with Crippen molar-refractivity contribution in [3.8, 4) is 5.88 Å². The number of nitrogens with one attached hydrogen (secondary N) is 2. The second kappa shape index (κ2) is 6.19. The van der Waals surface area contributed by atoms with Gasteiger partial charge in [0.15, 0.2) is 0 Å². The van der Waals surface area contributed by atoms with Crippen LogP contribution in [0, 0.1) is 11.3 Å². The zero-order chi connectivity index (χ0) is 17.3. The molecule has 2 aliphatic heterocycles. The Morgan fingerprint density at radius 1 is 1.36 bits per heavy atom. The summed E-state index contributed by atoms with van der Waals surface area (Å²) in [7, 11) is 0. The van der Waals surface area contributed by atoms with Gasteiger partial charge in [-0.3, -0.25) is 14.7 Å². The standard InChI is InChI=1S/C17H19N5O3/c23-15(13-4-7-20-21-13)22-8-5-17(11-22)12(9-19-16(17)24)10-25-14-3-1-2-6-18-14/h1-4,6-7,12H,5,8-11H2,(H,19,24)(H,20,21)/t12-,17-/m1/s1. The first-order valence-corrected chi connectivity index (χ1v) is 8.30. The molecule has 0 unspecified atom stereocenters. The summed E-state index contributed by atoms with van der Waals surface area (Å²) in [5, 5.41) is 9.44. The highest BCUT2D eigenvalue weighted by Crippen LogP contribution is 2.42. The Bertz CT molecular complexity index is 764. The predicted octanol–water partition coefficient (Wildman–Crippen LogP) is 0.462. The molecule has 2 atom stereocenters. The Balaban J connectivity index is 1.47. The van der Waals surface area contributed by atoms with Crippen LogP contribution in [0.5, 0.6) is 5.88 Å². The molecule has 2 saturated heterocycles. The summed E-state index contributed by atoms with van der Waals surface area (Å²) in [6.45, 7) is 1.89. The van der Waals surface area contributed by atoms with Gasteiger partial charge in [0.2, 0.25) is 11.8 Å². The van der Waals surface area contributed by atoms with Gasteiger partial charge in [-0.1, -0.05) is 6.07 Å². The second-order valence-corrected chi connectivity index (χ2v) is 6.49. The smallest absolute Gasteiger partial charge is 0.271 e. The monoisotopic (exact) mass is 341 g/mol. The molecule has 130 valence electrons. The zero-order valence-electron chi connectivity index (χ0n) is 13.6. The van der Waals surface area contributed by atoms with Gasteiger partial charge in [0.25, 0.3) is 5.91 Å². The molecule has 2 N–H and O–H groups in total. The van der Waals surface area contributed by atoms with Crippen LogP contribution in [0.4, 0.5) is 0 Å². The van der Waals surface area contributed by atoms with E-state index in [0.717, 1.165) is 0 Å². The molecule has 25 heavy (non-hydrogen) atoms. The van der Waals surface area contributed by atoms with Gasteiger partial charge in [-0.25, -0.2) is 4.98 Å². The Morgan fingerprint density at radius 3 is 3.04 bits per heavy atom. The van der Waals surface area contributed by atoms with E-state index < -0.39 is 5.41 Å². The van der Waals surface area contributed by atoms with E-state index in [0.29, 0.717) is 44.2 Å². The fraction of sp³-hybridized carbons (Fsp3) is 0.412. The van der Waals surface area contributed by atoms with E-state index in [1.54, 1.807) is 29.4 Å². The first-order chi connectivity index (χ1) is 12.2. The average molecular weight is 341 g/mol. The molecule has 0 bridgehead atoms. The Kier molecular flexibility index (Phi) is 3.87. The van der Waals surface area contributed by atoms with Crippen molar-refractivity contribution >= 4 is 11.8 Å². The number of aromatic nitrogens is 3. The molecular weight excluding hydrogens is 322 g/mol. The lowest BCUT2D eigenvalue weighted by Gasteiger charge is -2.27. The van der Waals surface area contributed by atoms with Crippen LogP contribution in [-0.4, -0.2) is 58.1 Å². The third-order valence-corrected chi connectivity index (χ3v) is 5.13. The van der Waals surface area contributed by atoms with E-state index >= 15 is 0 Å². The lowest BCUT2D eigenvalue weighted by Crippen LogP contribution is -2.41. The molecule has 2 fully saturated rings. The fourth-order valence-corrected chi connectivity index (χ4v) is 3.68. The summed E-state index contributed by atoms with van der Waals surface area (Å²) in [4.78, 5) is 30.9. The number of ether oxygens (including phenoxy) is 1. The molecule has 2 amide bonds. The van der Waals surface area contributed by atoms with Gasteiger partial charge in [-0.2, -0.15) is 5.10 Å². The Morgan fingerprint density at radius 2 is 2.28 bits per heavy atom. The number of hydrogen-bond acceptors (Lipinski definition) is 5. The molecule has 8 nitrogen and oxygen atoms in total. The van der Waals surface area contributed by atoms with E-state index in [4.69, 9.17) is 4.74 Å². The third kappa shape index (κ3) is 2.73. The average Bonchev–Trinajstić information content (AvgIpc) is 3.37. The van der Waals surface area contributed by atoms with Gasteiger partial charge < -0.3 is 15.0 Å². The lowest BCUT2D eigenvalue weighted by molar-refractivity contribution is -0.128. The Hall–Kier alpha value is -2.90. The molecule has 0 radical (unpaired) electrons. The summed E-state index contributed by atoms with van der Waals surface area (Å²) >= 11 is 0. The third-order valence-electron chi connectivity index (χ3n) is 5.13. The summed E-state index contributed by atoms with van der Waals surface area (Å²) in [5.74, 6) is 0.419. The number of likely N-dealkylation sites (tertiary alicyclic amines) is 1. The van der Waals surface area contributed by atoms with E-state index in [9.17, 15) is 9.59 Å². The number of carbonyl (C=O) groups excluding carboxylic acids is 2. The van der Waals surface area contributed by atoms with Gasteiger partial charge in [0, 0.05) is 44.0 Å². The normalized spacial score (nSPS) is 25.4. The largest absolute Gasteiger partial charge is 0.477 e. The number of H-pyrrole nitrogens is 1. The van der Waals surface area contributed by atoms with Crippen molar-refractivity contribution in [1.82, 2.24) is 25.4 Å². The van der Waals surface area contributed by atoms with Crippen molar-refractivity contribution in [3.63, 3.8) is 0 Å². The molecule has 2 aromatic rings. The van der Waals surface area contributed by atoms with Crippen molar-refractivity contribution < 1.29 is 14.3 Å². The Labute approximate surface area is 144 Å². The van der Waals surface area contributed by atoms with Crippen LogP contribution in [-0.2, 0) is 4.79 Å². The van der Waals surface area contributed by atoms with Crippen LogP contribution in [0.15, 0.2) is 36.7 Å². The molecule has 0 aromatic carbocycles. The molecule has 8 heteroatoms. The first kappa shape index (κ1) is 15.6. The number of amides is 2. The molecule has 0 saturated carbocycles. The van der Waals surface area contributed by atoms with Crippen molar-refractivity contribution in [2.45, 2.75) is 6.42 Å². The van der Waals surface area contributed by atoms with Gasteiger partial charge in [-0.05, 0) is 18.6 Å². The van der Waals surface area contributed by atoms with E-state index in [2.05, 4.69) is 20.5 Å². The number of hydrogen-bond donors (Lipinski definition) is 2. The highest BCUT2D eigenvalue weighted by atomic mass is 16.5. The SMILES string of the molecule is O=C(c1ccn[nH]1)N1CC[C@]2(C1)C(=O)NC[C@@H]2COc1ccccn1. The lowest BCUT2D eigenvalue weighted by atomic mass is 9.77. The molecular formula is C17H19N5O3. The maximum Gasteiger partial charge on any atom is 0.271 e. The summed E-state index contributed by atoms with van der Waals surface area (Å²) in [5.41, 5.74) is -0.151. The predicted molar refractivity (Wildman–Crippen MR) is 87.8 cm³/mol.